The van der Waals surface area contributed by atoms with Crippen molar-refractivity contribution in [1.82, 2.24) is 10.1 Å². The van der Waals surface area contributed by atoms with Crippen molar-refractivity contribution in [1.29, 1.82) is 0 Å². The molecule has 9 rings (SSSR count). The SMILES string of the molecule is C[C@@H]1C[C@]23C1CC(OCc1c(C4C5CCCC54)noc1C1CC1)CC2N3c1nc2c(F)cc(C(=O)O)cc2s1. The van der Waals surface area contributed by atoms with E-state index in [-0.39, 0.29) is 22.7 Å². The molecule has 1 saturated heterocycles. The van der Waals surface area contributed by atoms with Gasteiger partial charge in [-0.05, 0) is 80.8 Å². The Hall–Kier alpha value is -2.52. The number of hydrogen-bond donors (Lipinski definition) is 1. The van der Waals surface area contributed by atoms with Crippen LogP contribution in [0.4, 0.5) is 9.52 Å². The van der Waals surface area contributed by atoms with Crippen molar-refractivity contribution in [2.45, 2.75) is 94.4 Å². The summed E-state index contributed by atoms with van der Waals surface area (Å²) in [6.07, 6.45) is 9.66. The van der Waals surface area contributed by atoms with Gasteiger partial charge in [0, 0.05) is 17.4 Å². The molecule has 1 N–H and O–H groups in total. The summed E-state index contributed by atoms with van der Waals surface area (Å²) in [6.45, 7) is 2.93. The van der Waals surface area contributed by atoms with Gasteiger partial charge in [-0.1, -0.05) is 29.8 Å². The van der Waals surface area contributed by atoms with Crippen molar-refractivity contribution in [2.75, 3.05) is 4.90 Å². The maximum Gasteiger partial charge on any atom is 0.335 e. The van der Waals surface area contributed by atoms with Gasteiger partial charge in [-0.15, -0.1) is 0 Å². The van der Waals surface area contributed by atoms with E-state index < -0.39 is 11.8 Å². The molecule has 9 heteroatoms. The number of carboxylic acids is 1. The molecule has 0 amide bonds. The zero-order chi connectivity index (χ0) is 26.2. The lowest BCUT2D eigenvalue weighted by atomic mass is 9.58. The molecule has 0 radical (unpaired) electrons. The number of carbonyl (C=O) groups is 1. The number of ether oxygens (including phenoxy) is 1. The molecule has 3 aromatic rings. The van der Waals surface area contributed by atoms with E-state index in [1.165, 1.54) is 54.7 Å². The van der Waals surface area contributed by atoms with Gasteiger partial charge in [-0.3, -0.25) is 0 Å². The number of halogens is 1. The lowest BCUT2D eigenvalue weighted by Crippen LogP contribution is -2.51. The molecule has 1 spiro atoms. The van der Waals surface area contributed by atoms with Crippen molar-refractivity contribution >= 4 is 32.7 Å². The number of carboxylic acid groups (broad SMARTS) is 1. The van der Waals surface area contributed by atoms with E-state index in [0.29, 0.717) is 41.0 Å². The maximum absolute atomic E-state index is 14.7. The van der Waals surface area contributed by atoms with E-state index in [4.69, 9.17) is 9.26 Å². The van der Waals surface area contributed by atoms with Gasteiger partial charge in [0.1, 0.15) is 11.3 Å². The Balaban J connectivity index is 0.963. The van der Waals surface area contributed by atoms with Crippen LogP contribution in [0.25, 0.3) is 10.2 Å². The summed E-state index contributed by atoms with van der Waals surface area (Å²) < 4.78 is 28.0. The highest BCUT2D eigenvalue weighted by Crippen LogP contribution is 2.69. The lowest BCUT2D eigenvalue weighted by molar-refractivity contribution is -0.0357. The van der Waals surface area contributed by atoms with E-state index in [1.54, 1.807) is 6.07 Å². The monoisotopic (exact) mass is 549 g/mol. The Morgan fingerprint density at radius 1 is 1.26 bits per heavy atom. The molecule has 204 valence electrons. The minimum atomic E-state index is -1.12. The fourth-order valence-electron chi connectivity index (χ4n) is 9.07. The quantitative estimate of drug-likeness (QED) is 0.338. The van der Waals surface area contributed by atoms with Crippen LogP contribution in [-0.2, 0) is 11.3 Å². The smallest absolute Gasteiger partial charge is 0.335 e. The van der Waals surface area contributed by atoms with Crippen LogP contribution >= 0.6 is 11.3 Å². The molecule has 1 aromatic carbocycles. The molecule has 2 aromatic heterocycles. The standard InChI is InChI=1S/C30H32FN3O4S/c1-13-11-30-20(13)9-16(10-23(30)34(30)29-32-26-21(31)7-15(28(35)36)8-22(26)39-29)37-12-19-25(24-17-3-2-4-18(17)24)33-38-27(19)14-5-6-14/h7-8,13-14,16-18,20,23-24H,2-6,9-12H2,1H3,(H,35,36)/t13-,16?,17?,18?,20?,23?,24?,30+,34?/m1/s1. The first kappa shape index (κ1) is 23.2. The zero-order valence-electron chi connectivity index (χ0n) is 21.9. The molecule has 3 heterocycles. The van der Waals surface area contributed by atoms with Crippen molar-refractivity contribution in [3.8, 4) is 0 Å². The molecule has 5 saturated carbocycles. The number of aromatic carboxylic acids is 1. The maximum atomic E-state index is 14.7. The average molecular weight is 550 g/mol. The van der Waals surface area contributed by atoms with Gasteiger partial charge in [0.15, 0.2) is 10.9 Å². The number of fused-ring (bicyclic) bond motifs is 2. The largest absolute Gasteiger partial charge is 0.478 e. The zero-order valence-corrected chi connectivity index (χ0v) is 22.8. The van der Waals surface area contributed by atoms with Gasteiger partial charge in [-0.2, -0.15) is 0 Å². The Labute approximate surface area is 229 Å². The van der Waals surface area contributed by atoms with Crippen LogP contribution in [0.15, 0.2) is 16.7 Å². The first-order chi connectivity index (χ1) is 18.9. The number of aromatic nitrogens is 2. The Morgan fingerprint density at radius 3 is 2.82 bits per heavy atom. The van der Waals surface area contributed by atoms with Crippen LogP contribution in [0.1, 0.15) is 97.5 Å². The summed E-state index contributed by atoms with van der Waals surface area (Å²) >= 11 is 1.41. The topological polar surface area (TPSA) is 88.5 Å². The minimum absolute atomic E-state index is 0.0336. The summed E-state index contributed by atoms with van der Waals surface area (Å²) in [7, 11) is 0. The predicted molar refractivity (Wildman–Crippen MR) is 143 cm³/mol. The van der Waals surface area contributed by atoms with E-state index >= 15 is 0 Å². The van der Waals surface area contributed by atoms with Crippen molar-refractivity contribution < 1.29 is 23.6 Å². The van der Waals surface area contributed by atoms with E-state index in [1.807, 2.05) is 0 Å². The summed E-state index contributed by atoms with van der Waals surface area (Å²) in [5.41, 5.74) is 2.78. The lowest BCUT2D eigenvalue weighted by Gasteiger charge is -2.48. The third kappa shape index (κ3) is 3.20. The van der Waals surface area contributed by atoms with Gasteiger partial charge in [-0.25, -0.2) is 14.2 Å². The fraction of sp³-hybridized carbons (Fsp3) is 0.633. The van der Waals surface area contributed by atoms with Crippen LogP contribution in [0.2, 0.25) is 0 Å². The van der Waals surface area contributed by atoms with Crippen molar-refractivity contribution in [3.05, 3.63) is 40.5 Å². The highest BCUT2D eigenvalue weighted by molar-refractivity contribution is 7.22. The molecule has 5 aliphatic carbocycles. The van der Waals surface area contributed by atoms with Crippen LogP contribution in [0, 0.1) is 29.5 Å². The first-order valence-corrected chi connectivity index (χ1v) is 15.5. The second kappa shape index (κ2) is 7.81. The van der Waals surface area contributed by atoms with Gasteiger partial charge < -0.3 is 19.3 Å². The summed E-state index contributed by atoms with van der Waals surface area (Å²) in [5, 5.41) is 14.8. The van der Waals surface area contributed by atoms with E-state index in [2.05, 4.69) is 22.0 Å². The number of rotatable bonds is 7. The van der Waals surface area contributed by atoms with Gasteiger partial charge in [0.05, 0.1) is 40.2 Å². The molecular weight excluding hydrogens is 517 g/mol. The summed E-state index contributed by atoms with van der Waals surface area (Å²) in [5.74, 6) is 3.26. The van der Waals surface area contributed by atoms with Gasteiger partial charge in [0.25, 0.3) is 0 Å². The van der Waals surface area contributed by atoms with Crippen LogP contribution in [0.3, 0.4) is 0 Å². The van der Waals surface area contributed by atoms with Crippen molar-refractivity contribution in [2.24, 2.45) is 23.7 Å². The highest BCUT2D eigenvalue weighted by Gasteiger charge is 2.76. The van der Waals surface area contributed by atoms with Gasteiger partial charge >= 0.3 is 5.97 Å². The minimum Gasteiger partial charge on any atom is -0.478 e. The van der Waals surface area contributed by atoms with E-state index in [0.717, 1.165) is 48.1 Å². The molecular formula is C30H32FN3O4S. The molecule has 1 aliphatic heterocycles. The molecule has 39 heavy (non-hydrogen) atoms. The van der Waals surface area contributed by atoms with Crippen LogP contribution in [0.5, 0.6) is 0 Å². The average Bonchev–Trinajstić information content (AvgIpc) is 3.84. The molecule has 6 fully saturated rings. The van der Waals surface area contributed by atoms with E-state index in [9.17, 15) is 14.3 Å². The third-order valence-electron chi connectivity index (χ3n) is 11.1. The first-order valence-electron chi connectivity index (χ1n) is 14.7. The number of thiazole rings is 1. The van der Waals surface area contributed by atoms with Crippen LogP contribution < -0.4 is 4.90 Å². The fourth-order valence-corrected chi connectivity index (χ4v) is 10.2. The highest BCUT2D eigenvalue weighted by atomic mass is 32.1. The third-order valence-corrected chi connectivity index (χ3v) is 12.1. The van der Waals surface area contributed by atoms with Crippen LogP contribution in [-0.4, -0.2) is 38.9 Å². The summed E-state index contributed by atoms with van der Waals surface area (Å²) in [4.78, 5) is 18.5. The Bertz CT molecular complexity index is 1520. The number of benzene rings is 1. The molecule has 5 unspecified atom stereocenters. The number of nitrogens with zero attached hydrogens (tertiary/aromatic N) is 3. The summed E-state index contributed by atoms with van der Waals surface area (Å²) in [6, 6.07) is 2.96. The Kier molecular flexibility index (Phi) is 4.65. The number of hydrogen-bond acceptors (Lipinski definition) is 7. The Morgan fingerprint density at radius 2 is 2.08 bits per heavy atom. The predicted octanol–water partition coefficient (Wildman–Crippen LogP) is 6.48. The second-order valence-electron chi connectivity index (χ2n) is 13.1. The molecule has 7 atom stereocenters. The molecule has 6 aliphatic rings. The molecule has 7 nitrogen and oxygen atoms in total. The molecule has 0 bridgehead atoms. The van der Waals surface area contributed by atoms with Crippen molar-refractivity contribution in [3.63, 3.8) is 0 Å². The number of anilines is 1. The van der Waals surface area contributed by atoms with Gasteiger partial charge in [0.2, 0.25) is 0 Å². The second-order valence-corrected chi connectivity index (χ2v) is 14.2. The normalized spacial score (nSPS) is 37.8.